The molecular weight excluding hydrogens is 254 g/mol. The van der Waals surface area contributed by atoms with E-state index >= 15 is 0 Å². The van der Waals surface area contributed by atoms with Gasteiger partial charge >= 0.3 is 0 Å². The Labute approximate surface area is 128 Å². The van der Waals surface area contributed by atoms with E-state index in [1.54, 1.807) is 4.90 Å². The molecule has 0 aliphatic carbocycles. The van der Waals surface area contributed by atoms with Crippen LogP contribution < -0.4 is 17.3 Å². The fourth-order valence-electron chi connectivity index (χ4n) is 2.18. The molecule has 0 radical (unpaired) electrons. The van der Waals surface area contributed by atoms with Gasteiger partial charge in [-0.1, -0.05) is 70.4 Å². The molecule has 0 aromatic heterocycles. The topological polar surface area (TPSA) is 4.44 Å². The van der Waals surface area contributed by atoms with Crippen molar-refractivity contribution in [2.45, 2.75) is 77.6 Å². The Morgan fingerprint density at radius 1 is 0.684 bits per heavy atom. The normalized spacial score (nSPS) is 11.2. The van der Waals surface area contributed by atoms with Crippen molar-refractivity contribution >= 4 is 0 Å². The molecule has 0 amide bonds. The van der Waals surface area contributed by atoms with Crippen LogP contribution in [0.3, 0.4) is 0 Å². The van der Waals surface area contributed by atoms with Crippen LogP contribution in [0.1, 0.15) is 77.6 Å². The van der Waals surface area contributed by atoms with E-state index in [0.29, 0.717) is 0 Å². The van der Waals surface area contributed by atoms with Gasteiger partial charge in [0.2, 0.25) is 0 Å². The van der Waals surface area contributed by atoms with E-state index in [1.807, 2.05) is 0 Å². The zero-order valence-electron chi connectivity index (χ0n) is 13.5. The minimum absolute atomic E-state index is 0. The SMILES string of the molecule is CCCCCCCCCCC/C=C/CC[NH+](C)C.[Cl-]. The number of hydrogen-bond donors (Lipinski definition) is 1. The maximum atomic E-state index is 2.38. The van der Waals surface area contributed by atoms with E-state index in [4.69, 9.17) is 0 Å². The number of quaternary nitrogens is 1. The van der Waals surface area contributed by atoms with E-state index in [-0.39, 0.29) is 12.4 Å². The summed E-state index contributed by atoms with van der Waals surface area (Å²) in [5, 5.41) is 0. The molecule has 116 valence electrons. The molecule has 0 saturated heterocycles. The van der Waals surface area contributed by atoms with Gasteiger partial charge in [-0.05, 0) is 12.8 Å². The molecule has 1 N–H and O–H groups in total. The minimum atomic E-state index is 0. The van der Waals surface area contributed by atoms with Crippen LogP contribution in [0.15, 0.2) is 12.2 Å². The summed E-state index contributed by atoms with van der Waals surface area (Å²) in [6.07, 6.45) is 20.1. The quantitative estimate of drug-likeness (QED) is 0.381. The van der Waals surface area contributed by atoms with Crippen LogP contribution in [0.2, 0.25) is 0 Å². The third-order valence-corrected chi connectivity index (χ3v) is 3.45. The summed E-state index contributed by atoms with van der Waals surface area (Å²) >= 11 is 0. The second kappa shape index (κ2) is 18.0. The molecule has 0 aliphatic heterocycles. The molecule has 0 bridgehead atoms. The van der Waals surface area contributed by atoms with Gasteiger partial charge in [-0.2, -0.15) is 0 Å². The molecule has 0 aromatic carbocycles. The number of unbranched alkanes of at least 4 members (excludes halogenated alkanes) is 9. The molecule has 0 saturated carbocycles. The number of rotatable bonds is 13. The predicted molar refractivity (Wildman–Crippen MR) is 83.3 cm³/mol. The lowest BCUT2D eigenvalue weighted by atomic mass is 10.1. The zero-order chi connectivity index (χ0) is 13.5. The van der Waals surface area contributed by atoms with Crippen LogP contribution in [-0.4, -0.2) is 20.6 Å². The maximum Gasteiger partial charge on any atom is 0.0801 e. The Morgan fingerprint density at radius 2 is 1.16 bits per heavy atom. The van der Waals surface area contributed by atoms with Gasteiger partial charge in [0.1, 0.15) is 0 Å². The number of nitrogens with one attached hydrogen (secondary N) is 1. The number of halogens is 1. The molecule has 1 nitrogen and oxygen atoms in total. The summed E-state index contributed by atoms with van der Waals surface area (Å²) < 4.78 is 0. The summed E-state index contributed by atoms with van der Waals surface area (Å²) in [5.74, 6) is 0. The molecule has 19 heavy (non-hydrogen) atoms. The van der Waals surface area contributed by atoms with Crippen molar-refractivity contribution in [2.24, 2.45) is 0 Å². The van der Waals surface area contributed by atoms with Gasteiger partial charge in [-0.3, -0.25) is 0 Å². The van der Waals surface area contributed by atoms with Crippen LogP contribution in [0, 0.1) is 0 Å². The fourth-order valence-corrected chi connectivity index (χ4v) is 2.18. The van der Waals surface area contributed by atoms with Crippen molar-refractivity contribution in [3.8, 4) is 0 Å². The van der Waals surface area contributed by atoms with Crippen LogP contribution in [0.25, 0.3) is 0 Å². The van der Waals surface area contributed by atoms with Crippen molar-refractivity contribution in [3.63, 3.8) is 0 Å². The number of allylic oxidation sites excluding steroid dienone is 1. The van der Waals surface area contributed by atoms with Gasteiger partial charge in [-0.25, -0.2) is 0 Å². The third kappa shape index (κ3) is 20.5. The zero-order valence-corrected chi connectivity index (χ0v) is 14.3. The maximum absolute atomic E-state index is 2.38. The molecule has 0 atom stereocenters. The third-order valence-electron chi connectivity index (χ3n) is 3.45. The lowest BCUT2D eigenvalue weighted by Gasteiger charge is -2.03. The van der Waals surface area contributed by atoms with E-state index in [0.717, 1.165) is 0 Å². The largest absolute Gasteiger partial charge is 1.00 e. The molecular formula is C17H36ClN. The molecule has 0 spiro atoms. The van der Waals surface area contributed by atoms with Crippen molar-refractivity contribution < 1.29 is 17.3 Å². The molecule has 0 fully saturated rings. The Balaban J connectivity index is 0. The summed E-state index contributed by atoms with van der Waals surface area (Å²) in [7, 11) is 4.43. The van der Waals surface area contributed by atoms with Gasteiger partial charge in [0.05, 0.1) is 20.6 Å². The van der Waals surface area contributed by atoms with Crippen molar-refractivity contribution in [1.82, 2.24) is 0 Å². The van der Waals surface area contributed by atoms with Crippen molar-refractivity contribution in [3.05, 3.63) is 12.2 Å². The Bertz CT molecular complexity index is 178. The average Bonchev–Trinajstić information content (AvgIpc) is 2.34. The van der Waals surface area contributed by atoms with Crippen LogP contribution >= 0.6 is 0 Å². The summed E-state index contributed by atoms with van der Waals surface area (Å²) in [5.41, 5.74) is 0. The standard InChI is InChI=1S/C17H35N.ClH/c1-4-5-6-7-8-9-10-11-12-13-14-15-16-17-18(2)3;/h14-15H,4-13,16-17H2,1-3H3;1H/b15-14+;. The van der Waals surface area contributed by atoms with Gasteiger partial charge in [0.15, 0.2) is 0 Å². The van der Waals surface area contributed by atoms with E-state index in [2.05, 4.69) is 33.2 Å². The average molecular weight is 290 g/mol. The lowest BCUT2D eigenvalue weighted by Crippen LogP contribution is -3.05. The van der Waals surface area contributed by atoms with Crippen LogP contribution in [0.5, 0.6) is 0 Å². The first-order valence-corrected chi connectivity index (χ1v) is 8.21. The highest BCUT2D eigenvalue weighted by Gasteiger charge is 1.91. The Kier molecular flexibility index (Phi) is 20.2. The second-order valence-corrected chi connectivity index (χ2v) is 5.83. The van der Waals surface area contributed by atoms with E-state index in [1.165, 1.54) is 77.2 Å². The Morgan fingerprint density at radius 3 is 1.68 bits per heavy atom. The molecule has 0 heterocycles. The van der Waals surface area contributed by atoms with E-state index < -0.39 is 0 Å². The minimum Gasteiger partial charge on any atom is -1.00 e. The molecule has 0 unspecified atom stereocenters. The summed E-state index contributed by atoms with van der Waals surface area (Å²) in [6.45, 7) is 3.54. The van der Waals surface area contributed by atoms with Crippen LogP contribution in [-0.2, 0) is 0 Å². The monoisotopic (exact) mass is 289 g/mol. The van der Waals surface area contributed by atoms with Crippen LogP contribution in [0.4, 0.5) is 0 Å². The summed E-state index contributed by atoms with van der Waals surface area (Å²) in [6, 6.07) is 0. The summed E-state index contributed by atoms with van der Waals surface area (Å²) in [4.78, 5) is 1.54. The molecule has 0 rings (SSSR count). The predicted octanol–water partition coefficient (Wildman–Crippen LogP) is 1.00. The fraction of sp³-hybridized carbons (Fsp3) is 0.882. The first-order valence-electron chi connectivity index (χ1n) is 8.21. The second-order valence-electron chi connectivity index (χ2n) is 5.83. The highest BCUT2D eigenvalue weighted by molar-refractivity contribution is 4.80. The number of hydrogen-bond acceptors (Lipinski definition) is 0. The first kappa shape index (κ1) is 21.3. The van der Waals surface area contributed by atoms with Crippen molar-refractivity contribution in [1.29, 1.82) is 0 Å². The Hall–Kier alpha value is -0.0100. The van der Waals surface area contributed by atoms with Gasteiger partial charge in [-0.15, -0.1) is 0 Å². The first-order chi connectivity index (χ1) is 8.77. The van der Waals surface area contributed by atoms with Gasteiger partial charge in [0.25, 0.3) is 0 Å². The molecule has 0 aromatic rings. The van der Waals surface area contributed by atoms with Gasteiger partial charge in [0, 0.05) is 6.42 Å². The van der Waals surface area contributed by atoms with Gasteiger partial charge < -0.3 is 17.3 Å². The lowest BCUT2D eigenvalue weighted by molar-refractivity contribution is -0.857. The highest BCUT2D eigenvalue weighted by atomic mass is 35.5. The molecule has 0 aliphatic rings. The highest BCUT2D eigenvalue weighted by Crippen LogP contribution is 2.10. The van der Waals surface area contributed by atoms with Crippen molar-refractivity contribution in [2.75, 3.05) is 20.6 Å². The smallest absolute Gasteiger partial charge is 0.0801 e. The molecule has 2 heteroatoms. The van der Waals surface area contributed by atoms with E-state index in [9.17, 15) is 0 Å².